The van der Waals surface area contributed by atoms with Gasteiger partial charge in [0.1, 0.15) is 0 Å². The highest BCUT2D eigenvalue weighted by Gasteiger charge is 1.87. The average molecular weight is 176 g/mol. The highest BCUT2D eigenvalue weighted by molar-refractivity contribution is 5.81. The van der Waals surface area contributed by atoms with Gasteiger partial charge in [-0.2, -0.15) is 5.10 Å². The highest BCUT2D eigenvalue weighted by atomic mass is 16.2. The first-order valence-corrected chi connectivity index (χ1v) is 4.05. The summed E-state index contributed by atoms with van der Waals surface area (Å²) in [6.07, 6.45) is 1.61. The van der Waals surface area contributed by atoms with E-state index in [0.29, 0.717) is 0 Å². The van der Waals surface area contributed by atoms with Crippen molar-refractivity contribution in [1.82, 2.24) is 5.43 Å². The Morgan fingerprint density at radius 1 is 1.38 bits per heavy atom. The van der Waals surface area contributed by atoms with Crippen LogP contribution in [-0.4, -0.2) is 12.1 Å². The van der Waals surface area contributed by atoms with Crippen LogP contribution in [0.15, 0.2) is 29.4 Å². The Morgan fingerprint density at radius 2 is 2.00 bits per heavy atom. The first-order chi connectivity index (χ1) is 6.18. The summed E-state index contributed by atoms with van der Waals surface area (Å²) in [5.74, 6) is -0.164. The van der Waals surface area contributed by atoms with Gasteiger partial charge in [-0.05, 0) is 12.5 Å². The molecule has 3 nitrogen and oxygen atoms in total. The van der Waals surface area contributed by atoms with Gasteiger partial charge in [-0.25, -0.2) is 5.43 Å². The van der Waals surface area contributed by atoms with Gasteiger partial charge in [0, 0.05) is 6.92 Å². The third-order valence-corrected chi connectivity index (χ3v) is 1.51. The van der Waals surface area contributed by atoms with Crippen molar-refractivity contribution < 1.29 is 4.79 Å². The SMILES string of the molecule is CC(=O)N/N=C\c1ccc(C)cc1. The van der Waals surface area contributed by atoms with Crippen LogP contribution in [0.2, 0.25) is 0 Å². The van der Waals surface area contributed by atoms with Crippen molar-refractivity contribution in [3.63, 3.8) is 0 Å². The van der Waals surface area contributed by atoms with Gasteiger partial charge in [0.05, 0.1) is 6.21 Å². The molecule has 0 aliphatic carbocycles. The molecule has 0 aromatic heterocycles. The maximum Gasteiger partial charge on any atom is 0.236 e. The molecular formula is C10H12N2O. The van der Waals surface area contributed by atoms with Gasteiger partial charge < -0.3 is 0 Å². The van der Waals surface area contributed by atoms with Crippen molar-refractivity contribution in [2.24, 2.45) is 5.10 Å². The van der Waals surface area contributed by atoms with Crippen LogP contribution in [-0.2, 0) is 4.79 Å². The second kappa shape index (κ2) is 4.40. The molecule has 68 valence electrons. The molecule has 1 rings (SSSR count). The zero-order valence-electron chi connectivity index (χ0n) is 7.74. The van der Waals surface area contributed by atoms with Crippen molar-refractivity contribution in [2.75, 3.05) is 0 Å². The normalized spacial score (nSPS) is 10.3. The van der Waals surface area contributed by atoms with Gasteiger partial charge in [-0.3, -0.25) is 4.79 Å². The van der Waals surface area contributed by atoms with E-state index in [4.69, 9.17) is 0 Å². The zero-order chi connectivity index (χ0) is 9.68. The van der Waals surface area contributed by atoms with Gasteiger partial charge in [0.25, 0.3) is 0 Å². The van der Waals surface area contributed by atoms with Gasteiger partial charge in [0.2, 0.25) is 5.91 Å². The number of carbonyl (C=O) groups excluding carboxylic acids is 1. The first kappa shape index (κ1) is 9.45. The van der Waals surface area contributed by atoms with E-state index in [1.165, 1.54) is 12.5 Å². The van der Waals surface area contributed by atoms with Crippen LogP contribution in [0.4, 0.5) is 0 Å². The minimum Gasteiger partial charge on any atom is -0.274 e. The van der Waals surface area contributed by atoms with Gasteiger partial charge in [-0.1, -0.05) is 29.8 Å². The minimum absolute atomic E-state index is 0.164. The highest BCUT2D eigenvalue weighted by Crippen LogP contribution is 1.99. The van der Waals surface area contributed by atoms with E-state index < -0.39 is 0 Å². The van der Waals surface area contributed by atoms with Crippen molar-refractivity contribution >= 4 is 12.1 Å². The lowest BCUT2D eigenvalue weighted by atomic mass is 10.2. The number of aryl methyl sites for hydroxylation is 1. The van der Waals surface area contributed by atoms with Gasteiger partial charge in [0.15, 0.2) is 0 Å². The number of benzene rings is 1. The molecule has 0 spiro atoms. The van der Waals surface area contributed by atoms with Crippen molar-refractivity contribution in [1.29, 1.82) is 0 Å². The van der Waals surface area contributed by atoms with E-state index in [1.54, 1.807) is 6.21 Å². The summed E-state index contributed by atoms with van der Waals surface area (Å²) in [4.78, 5) is 10.5. The van der Waals surface area contributed by atoms with E-state index in [-0.39, 0.29) is 5.91 Å². The summed E-state index contributed by atoms with van der Waals surface area (Å²) in [7, 11) is 0. The van der Waals surface area contributed by atoms with Crippen molar-refractivity contribution in [2.45, 2.75) is 13.8 Å². The molecule has 0 unspecified atom stereocenters. The smallest absolute Gasteiger partial charge is 0.236 e. The number of nitrogens with zero attached hydrogens (tertiary/aromatic N) is 1. The van der Waals surface area contributed by atoms with E-state index in [0.717, 1.165) is 5.56 Å². The molecule has 13 heavy (non-hydrogen) atoms. The van der Waals surface area contributed by atoms with Crippen molar-refractivity contribution in [3.8, 4) is 0 Å². The maximum absolute atomic E-state index is 10.5. The Bertz CT molecular complexity index is 314. The number of nitrogens with one attached hydrogen (secondary N) is 1. The number of hydrogen-bond donors (Lipinski definition) is 1. The first-order valence-electron chi connectivity index (χ1n) is 4.05. The fourth-order valence-corrected chi connectivity index (χ4v) is 0.850. The summed E-state index contributed by atoms with van der Waals surface area (Å²) in [5.41, 5.74) is 4.52. The third-order valence-electron chi connectivity index (χ3n) is 1.51. The molecule has 3 heteroatoms. The quantitative estimate of drug-likeness (QED) is 0.538. The molecule has 0 aliphatic rings. The molecule has 1 N–H and O–H groups in total. The van der Waals surface area contributed by atoms with Crippen LogP contribution >= 0.6 is 0 Å². The van der Waals surface area contributed by atoms with Crippen LogP contribution in [0.1, 0.15) is 18.1 Å². The monoisotopic (exact) mass is 176 g/mol. The average Bonchev–Trinajstić information content (AvgIpc) is 2.08. The number of hydrazone groups is 1. The van der Waals surface area contributed by atoms with Crippen LogP contribution in [0, 0.1) is 6.92 Å². The number of carbonyl (C=O) groups is 1. The maximum atomic E-state index is 10.5. The topological polar surface area (TPSA) is 41.5 Å². The van der Waals surface area contributed by atoms with E-state index >= 15 is 0 Å². The Balaban J connectivity index is 2.59. The summed E-state index contributed by atoms with van der Waals surface area (Å²) >= 11 is 0. The Labute approximate surface area is 77.5 Å². The lowest BCUT2D eigenvalue weighted by Gasteiger charge is -1.94. The largest absolute Gasteiger partial charge is 0.274 e. The minimum atomic E-state index is -0.164. The van der Waals surface area contributed by atoms with Crippen LogP contribution < -0.4 is 5.43 Å². The molecule has 1 aromatic carbocycles. The number of rotatable bonds is 2. The van der Waals surface area contributed by atoms with Gasteiger partial charge in [-0.15, -0.1) is 0 Å². The van der Waals surface area contributed by atoms with E-state index in [1.807, 2.05) is 31.2 Å². The zero-order valence-corrected chi connectivity index (χ0v) is 7.74. The lowest BCUT2D eigenvalue weighted by Crippen LogP contribution is -2.12. The second-order valence-electron chi connectivity index (χ2n) is 2.84. The Morgan fingerprint density at radius 3 is 2.54 bits per heavy atom. The predicted molar refractivity (Wildman–Crippen MR) is 52.6 cm³/mol. The molecule has 0 aliphatic heterocycles. The van der Waals surface area contributed by atoms with Crippen LogP contribution in [0.3, 0.4) is 0 Å². The molecular weight excluding hydrogens is 164 g/mol. The lowest BCUT2D eigenvalue weighted by molar-refractivity contribution is -0.118. The number of hydrogen-bond acceptors (Lipinski definition) is 2. The number of amides is 1. The van der Waals surface area contributed by atoms with Crippen LogP contribution in [0.5, 0.6) is 0 Å². The van der Waals surface area contributed by atoms with Crippen molar-refractivity contribution in [3.05, 3.63) is 35.4 Å². The summed E-state index contributed by atoms with van der Waals surface area (Å²) in [5, 5.41) is 3.75. The second-order valence-corrected chi connectivity index (χ2v) is 2.84. The molecule has 0 saturated heterocycles. The fourth-order valence-electron chi connectivity index (χ4n) is 0.850. The Kier molecular flexibility index (Phi) is 3.20. The molecule has 0 atom stereocenters. The summed E-state index contributed by atoms with van der Waals surface area (Å²) < 4.78 is 0. The Hall–Kier alpha value is -1.64. The summed E-state index contributed by atoms with van der Waals surface area (Å²) in [6, 6.07) is 7.88. The molecule has 1 amide bonds. The predicted octanol–water partition coefficient (Wildman–Crippen LogP) is 1.47. The molecule has 0 saturated carbocycles. The molecule has 1 aromatic rings. The molecule has 0 radical (unpaired) electrons. The van der Waals surface area contributed by atoms with E-state index in [2.05, 4.69) is 10.5 Å². The standard InChI is InChI=1S/C10H12N2O/c1-8-3-5-10(6-4-8)7-11-12-9(2)13/h3-7H,1-2H3,(H,12,13)/b11-7-. The van der Waals surface area contributed by atoms with Crippen LogP contribution in [0.25, 0.3) is 0 Å². The summed E-state index contributed by atoms with van der Waals surface area (Å²) in [6.45, 7) is 3.45. The molecule has 0 heterocycles. The molecule has 0 bridgehead atoms. The van der Waals surface area contributed by atoms with Gasteiger partial charge >= 0.3 is 0 Å². The fraction of sp³-hybridized carbons (Fsp3) is 0.200. The molecule has 0 fully saturated rings. The van der Waals surface area contributed by atoms with E-state index in [9.17, 15) is 4.79 Å². The third kappa shape index (κ3) is 3.51.